The smallest absolute Gasteiger partial charge is 0.347 e. The molecule has 92 valence electrons. The van der Waals surface area contributed by atoms with Gasteiger partial charge in [-0.05, 0) is 17.5 Å². The van der Waals surface area contributed by atoms with Gasteiger partial charge < -0.3 is 5.11 Å². The third kappa shape index (κ3) is 1.99. The summed E-state index contributed by atoms with van der Waals surface area (Å²) in [4.78, 5) is 16.1. The van der Waals surface area contributed by atoms with E-state index >= 15 is 0 Å². The van der Waals surface area contributed by atoms with Gasteiger partial charge >= 0.3 is 5.97 Å². The Morgan fingerprint density at radius 2 is 2.21 bits per heavy atom. The van der Waals surface area contributed by atoms with Gasteiger partial charge in [0, 0.05) is 0 Å². The summed E-state index contributed by atoms with van der Waals surface area (Å²) in [6.07, 6.45) is 1.36. The van der Waals surface area contributed by atoms with Crippen LogP contribution in [-0.2, 0) is 0 Å². The fourth-order valence-corrected chi connectivity index (χ4v) is 3.67. The lowest BCUT2D eigenvalue weighted by atomic mass is 10.2. The summed E-state index contributed by atoms with van der Waals surface area (Å²) in [6, 6.07) is 9.63. The van der Waals surface area contributed by atoms with Crippen molar-refractivity contribution >= 4 is 38.7 Å². The minimum Gasteiger partial charge on any atom is -0.477 e. The normalized spacial score (nSPS) is 10.5. The van der Waals surface area contributed by atoms with Crippen LogP contribution >= 0.6 is 22.7 Å². The van der Waals surface area contributed by atoms with Crippen molar-refractivity contribution in [2.24, 2.45) is 0 Å². The van der Waals surface area contributed by atoms with E-state index in [-0.39, 0.29) is 4.88 Å². The Labute approximate surface area is 116 Å². The molecule has 1 aromatic carbocycles. The molecule has 2 aromatic heterocycles. The van der Waals surface area contributed by atoms with E-state index in [1.54, 1.807) is 6.07 Å². The average Bonchev–Trinajstić information content (AvgIpc) is 3.04. The van der Waals surface area contributed by atoms with Gasteiger partial charge in [0.05, 0.1) is 21.3 Å². The zero-order chi connectivity index (χ0) is 13.4. The van der Waals surface area contributed by atoms with Crippen LogP contribution in [0.5, 0.6) is 0 Å². The Bertz CT molecular complexity index is 827. The Morgan fingerprint density at radius 3 is 2.89 bits per heavy atom. The number of hydrogen-bond donors (Lipinski definition) is 1. The lowest BCUT2D eigenvalue weighted by molar-refractivity contribution is 0.0702. The molecule has 0 atom stereocenters. The van der Waals surface area contributed by atoms with Gasteiger partial charge in [0.1, 0.15) is 16.0 Å². The van der Waals surface area contributed by atoms with E-state index in [2.05, 4.69) is 11.1 Å². The van der Waals surface area contributed by atoms with Gasteiger partial charge in [-0.2, -0.15) is 5.26 Å². The Morgan fingerprint density at radius 1 is 1.37 bits per heavy atom. The third-order valence-corrected chi connectivity index (χ3v) is 4.93. The molecule has 0 radical (unpaired) electrons. The van der Waals surface area contributed by atoms with Gasteiger partial charge in [0.25, 0.3) is 0 Å². The molecule has 0 aliphatic heterocycles. The van der Waals surface area contributed by atoms with Crippen LogP contribution in [0, 0.1) is 11.3 Å². The van der Waals surface area contributed by atoms with Gasteiger partial charge in [0.2, 0.25) is 0 Å². The van der Waals surface area contributed by atoms with Crippen molar-refractivity contribution in [3.05, 3.63) is 40.9 Å². The minimum atomic E-state index is -0.970. The first kappa shape index (κ1) is 11.8. The number of hydrogen-bond acceptors (Lipinski definition) is 5. The maximum atomic E-state index is 10.8. The summed E-state index contributed by atoms with van der Waals surface area (Å²) in [5.74, 6) is -0.970. The van der Waals surface area contributed by atoms with Crippen molar-refractivity contribution in [2.75, 3.05) is 0 Å². The Balaban J connectivity index is 2.15. The highest BCUT2D eigenvalue weighted by Crippen LogP contribution is 2.36. The average molecular weight is 286 g/mol. The van der Waals surface area contributed by atoms with Gasteiger partial charge in [-0.25, -0.2) is 9.78 Å². The van der Waals surface area contributed by atoms with Gasteiger partial charge in [-0.1, -0.05) is 12.1 Å². The van der Waals surface area contributed by atoms with E-state index in [0.717, 1.165) is 26.3 Å². The van der Waals surface area contributed by atoms with Crippen molar-refractivity contribution in [1.29, 1.82) is 5.26 Å². The summed E-state index contributed by atoms with van der Waals surface area (Å²) in [5.41, 5.74) is 0.628. The lowest BCUT2D eigenvalue weighted by Gasteiger charge is -1.89. The number of thiazole rings is 1. The monoisotopic (exact) mass is 286 g/mol. The topological polar surface area (TPSA) is 74.0 Å². The fraction of sp³-hybridized carbons (Fsp3) is 0. The molecule has 4 nitrogen and oxygen atoms in total. The standard InChI is InChI=1S/C13H6N2O2S2/c14-5-8-3-1-2-7-4-9(18-11(7)8)12-15-6-10(19-12)13(16)17/h1-4,6H,(H,16,17). The molecular weight excluding hydrogens is 280 g/mol. The van der Waals surface area contributed by atoms with Crippen LogP contribution in [0.3, 0.4) is 0 Å². The van der Waals surface area contributed by atoms with Crippen molar-refractivity contribution in [2.45, 2.75) is 0 Å². The molecule has 0 bridgehead atoms. The van der Waals surface area contributed by atoms with Crippen molar-refractivity contribution < 1.29 is 9.90 Å². The molecule has 6 heteroatoms. The first-order chi connectivity index (χ1) is 9.19. The summed E-state index contributed by atoms with van der Waals surface area (Å²) in [7, 11) is 0. The van der Waals surface area contributed by atoms with Gasteiger partial charge in [-0.3, -0.25) is 0 Å². The summed E-state index contributed by atoms with van der Waals surface area (Å²) in [5, 5.41) is 19.6. The molecule has 2 heterocycles. The molecular formula is C13H6N2O2S2. The zero-order valence-electron chi connectivity index (χ0n) is 9.45. The highest BCUT2D eigenvalue weighted by molar-refractivity contribution is 7.26. The molecule has 3 rings (SSSR count). The Hall–Kier alpha value is -2.23. The molecule has 0 saturated heterocycles. The lowest BCUT2D eigenvalue weighted by Crippen LogP contribution is -1.89. The van der Waals surface area contributed by atoms with E-state index in [1.165, 1.54) is 17.5 Å². The number of carboxylic acid groups (broad SMARTS) is 1. The second-order valence-corrected chi connectivity index (χ2v) is 5.86. The highest BCUT2D eigenvalue weighted by Gasteiger charge is 2.13. The first-order valence-corrected chi connectivity index (χ1v) is 6.94. The van der Waals surface area contributed by atoms with E-state index in [1.807, 2.05) is 18.2 Å². The number of nitriles is 1. The van der Waals surface area contributed by atoms with Crippen LogP contribution in [0.4, 0.5) is 0 Å². The number of fused-ring (bicyclic) bond motifs is 1. The quantitative estimate of drug-likeness (QED) is 0.781. The molecule has 0 aliphatic rings. The predicted molar refractivity (Wildman–Crippen MR) is 74.6 cm³/mol. The van der Waals surface area contributed by atoms with Crippen molar-refractivity contribution in [3.63, 3.8) is 0 Å². The molecule has 0 unspecified atom stereocenters. The highest BCUT2D eigenvalue weighted by atomic mass is 32.1. The first-order valence-electron chi connectivity index (χ1n) is 5.31. The Kier molecular flexibility index (Phi) is 2.78. The third-order valence-electron chi connectivity index (χ3n) is 2.59. The number of rotatable bonds is 2. The molecule has 0 saturated carbocycles. The van der Waals surface area contributed by atoms with Crippen molar-refractivity contribution in [3.8, 4) is 16.0 Å². The van der Waals surface area contributed by atoms with E-state index < -0.39 is 5.97 Å². The van der Waals surface area contributed by atoms with Crippen LogP contribution in [0.1, 0.15) is 15.2 Å². The van der Waals surface area contributed by atoms with Crippen LogP contribution in [0.2, 0.25) is 0 Å². The van der Waals surface area contributed by atoms with Crippen LogP contribution in [0.15, 0.2) is 30.5 Å². The molecule has 19 heavy (non-hydrogen) atoms. The zero-order valence-corrected chi connectivity index (χ0v) is 11.1. The number of benzene rings is 1. The number of carboxylic acids is 1. The van der Waals surface area contributed by atoms with E-state index in [9.17, 15) is 4.79 Å². The SMILES string of the molecule is N#Cc1cccc2cc(-c3ncc(C(=O)O)s3)sc12. The summed E-state index contributed by atoms with van der Waals surface area (Å²) in [6.45, 7) is 0. The largest absolute Gasteiger partial charge is 0.477 e. The molecule has 3 aromatic rings. The van der Waals surface area contributed by atoms with E-state index in [0.29, 0.717) is 10.6 Å². The fourth-order valence-electron chi connectivity index (χ4n) is 1.74. The molecule has 0 spiro atoms. The maximum absolute atomic E-state index is 10.8. The van der Waals surface area contributed by atoms with Crippen LogP contribution < -0.4 is 0 Å². The second kappa shape index (κ2) is 4.46. The second-order valence-electron chi connectivity index (χ2n) is 3.78. The number of aromatic carboxylic acids is 1. The predicted octanol–water partition coefficient (Wildman–Crippen LogP) is 3.59. The number of carbonyl (C=O) groups is 1. The molecule has 0 aliphatic carbocycles. The maximum Gasteiger partial charge on any atom is 0.347 e. The summed E-state index contributed by atoms with van der Waals surface area (Å²) < 4.78 is 0.909. The van der Waals surface area contributed by atoms with Gasteiger partial charge in [-0.15, -0.1) is 22.7 Å². The molecule has 0 fully saturated rings. The number of thiophene rings is 1. The van der Waals surface area contributed by atoms with Gasteiger partial charge in [0.15, 0.2) is 0 Å². The minimum absolute atomic E-state index is 0.216. The number of aromatic nitrogens is 1. The molecule has 0 amide bonds. The van der Waals surface area contributed by atoms with Crippen molar-refractivity contribution in [1.82, 2.24) is 4.98 Å². The molecule has 1 N–H and O–H groups in total. The van der Waals surface area contributed by atoms with E-state index in [4.69, 9.17) is 10.4 Å². The van der Waals surface area contributed by atoms with Crippen LogP contribution in [-0.4, -0.2) is 16.1 Å². The summed E-state index contributed by atoms with van der Waals surface area (Å²) >= 11 is 2.60. The number of nitrogens with zero attached hydrogens (tertiary/aromatic N) is 2. The van der Waals surface area contributed by atoms with Crippen LogP contribution in [0.25, 0.3) is 20.0 Å².